The van der Waals surface area contributed by atoms with Gasteiger partial charge < -0.3 is 4.43 Å². The van der Waals surface area contributed by atoms with E-state index in [0.717, 1.165) is 10.6 Å². The van der Waals surface area contributed by atoms with Crippen molar-refractivity contribution in [3.63, 3.8) is 0 Å². The Bertz CT molecular complexity index is 421. The third-order valence-corrected chi connectivity index (χ3v) is 8.31. The summed E-state index contributed by atoms with van der Waals surface area (Å²) in [4.78, 5) is 0. The molecule has 0 aliphatic rings. The summed E-state index contributed by atoms with van der Waals surface area (Å²) in [6.45, 7) is 15.1. The van der Waals surface area contributed by atoms with E-state index in [2.05, 4.69) is 40.4 Å². The molecule has 0 bridgehead atoms. The highest BCUT2D eigenvalue weighted by molar-refractivity contribution is 6.74. The second kappa shape index (κ2) is 5.60. The molecule has 18 heavy (non-hydrogen) atoms. The summed E-state index contributed by atoms with van der Waals surface area (Å²) in [6.07, 6.45) is 1.77. The van der Waals surface area contributed by atoms with Crippen molar-refractivity contribution < 1.29 is 4.43 Å². The van der Waals surface area contributed by atoms with Gasteiger partial charge in [-0.2, -0.15) is 0 Å². The number of halogens is 1. The van der Waals surface area contributed by atoms with Crippen LogP contribution in [0.3, 0.4) is 0 Å². The van der Waals surface area contributed by atoms with Crippen molar-refractivity contribution >= 4 is 19.9 Å². The number of hydrogen-bond donors (Lipinski definition) is 0. The van der Waals surface area contributed by atoms with Gasteiger partial charge in [-0.3, -0.25) is 0 Å². The Balaban J connectivity index is 2.96. The van der Waals surface area contributed by atoms with Crippen LogP contribution in [0, 0.1) is 0 Å². The van der Waals surface area contributed by atoms with Gasteiger partial charge in [-0.25, -0.2) is 0 Å². The number of hydrogen-bond acceptors (Lipinski definition) is 1. The molecule has 0 aliphatic heterocycles. The molecule has 0 radical (unpaired) electrons. The first-order valence-electron chi connectivity index (χ1n) is 6.23. The monoisotopic (exact) mass is 282 g/mol. The Morgan fingerprint density at radius 2 is 1.94 bits per heavy atom. The fraction of sp³-hybridized carbons (Fsp3) is 0.467. The summed E-state index contributed by atoms with van der Waals surface area (Å²) in [5, 5.41) is 0.922. The molecule has 0 heterocycles. The van der Waals surface area contributed by atoms with Crippen molar-refractivity contribution in [2.24, 2.45) is 0 Å². The molecule has 0 spiro atoms. The SMILES string of the molecule is C=C[C@@H](O[Si](C)(C)C(C)(C)C)c1cccc(Cl)c1. The summed E-state index contributed by atoms with van der Waals surface area (Å²) in [6, 6.07) is 7.80. The zero-order valence-electron chi connectivity index (χ0n) is 12.0. The second-order valence-corrected chi connectivity index (χ2v) is 11.3. The first kappa shape index (κ1) is 15.5. The van der Waals surface area contributed by atoms with Crippen LogP contribution in [0.15, 0.2) is 36.9 Å². The van der Waals surface area contributed by atoms with Crippen LogP contribution >= 0.6 is 11.6 Å². The van der Waals surface area contributed by atoms with Crippen LogP contribution in [0.4, 0.5) is 0 Å². The highest BCUT2D eigenvalue weighted by Gasteiger charge is 2.38. The molecule has 100 valence electrons. The molecule has 1 rings (SSSR count). The lowest BCUT2D eigenvalue weighted by Gasteiger charge is -2.38. The minimum absolute atomic E-state index is 0.0791. The molecule has 0 N–H and O–H groups in total. The average molecular weight is 283 g/mol. The Labute approximate surface area is 117 Å². The maximum atomic E-state index is 6.35. The van der Waals surface area contributed by atoms with Gasteiger partial charge in [-0.05, 0) is 35.8 Å². The first-order valence-corrected chi connectivity index (χ1v) is 9.52. The van der Waals surface area contributed by atoms with Crippen LogP contribution in [0.5, 0.6) is 0 Å². The fourth-order valence-electron chi connectivity index (χ4n) is 1.43. The van der Waals surface area contributed by atoms with Crippen LogP contribution in [-0.4, -0.2) is 8.32 Å². The normalized spacial score (nSPS) is 14.3. The van der Waals surface area contributed by atoms with E-state index in [-0.39, 0.29) is 11.1 Å². The fourth-order valence-corrected chi connectivity index (χ4v) is 2.85. The maximum Gasteiger partial charge on any atom is 0.193 e. The van der Waals surface area contributed by atoms with Crippen molar-refractivity contribution in [2.75, 3.05) is 0 Å². The van der Waals surface area contributed by atoms with E-state index in [9.17, 15) is 0 Å². The summed E-state index contributed by atoms with van der Waals surface area (Å²) in [5.41, 5.74) is 1.07. The van der Waals surface area contributed by atoms with Crippen molar-refractivity contribution in [2.45, 2.75) is 45.0 Å². The lowest BCUT2D eigenvalue weighted by atomic mass is 10.1. The highest BCUT2D eigenvalue weighted by atomic mass is 35.5. The van der Waals surface area contributed by atoms with Crippen molar-refractivity contribution in [3.8, 4) is 0 Å². The predicted octanol–water partition coefficient (Wildman–Crippen LogP) is 5.59. The van der Waals surface area contributed by atoms with Crippen LogP contribution in [-0.2, 0) is 4.43 Å². The van der Waals surface area contributed by atoms with Crippen LogP contribution < -0.4 is 0 Å². The second-order valence-electron chi connectivity index (χ2n) is 6.09. The highest BCUT2D eigenvalue weighted by Crippen LogP contribution is 2.40. The topological polar surface area (TPSA) is 9.23 Å². The lowest BCUT2D eigenvalue weighted by Crippen LogP contribution is -2.41. The van der Waals surface area contributed by atoms with Crippen LogP contribution in [0.25, 0.3) is 0 Å². The molecule has 0 aromatic heterocycles. The molecule has 0 fully saturated rings. The Hall–Kier alpha value is -0.573. The molecule has 1 aromatic carbocycles. The number of benzene rings is 1. The lowest BCUT2D eigenvalue weighted by molar-refractivity contribution is 0.230. The van der Waals surface area contributed by atoms with Crippen molar-refractivity contribution in [3.05, 3.63) is 47.5 Å². The maximum absolute atomic E-state index is 6.35. The van der Waals surface area contributed by atoms with Gasteiger partial charge in [0.2, 0.25) is 0 Å². The molecular weight excluding hydrogens is 260 g/mol. The summed E-state index contributed by atoms with van der Waals surface area (Å²) >= 11 is 6.03. The van der Waals surface area contributed by atoms with Gasteiger partial charge in [0.1, 0.15) is 0 Å². The minimum Gasteiger partial charge on any atom is -0.407 e. The van der Waals surface area contributed by atoms with Gasteiger partial charge in [0.05, 0.1) is 6.10 Å². The minimum atomic E-state index is -1.80. The Morgan fingerprint density at radius 1 is 1.33 bits per heavy atom. The van der Waals surface area contributed by atoms with E-state index in [1.54, 1.807) is 0 Å². The molecule has 0 amide bonds. The quantitative estimate of drug-likeness (QED) is 0.517. The van der Waals surface area contributed by atoms with E-state index < -0.39 is 8.32 Å². The van der Waals surface area contributed by atoms with Crippen LogP contribution in [0.2, 0.25) is 23.2 Å². The predicted molar refractivity (Wildman–Crippen MR) is 82.7 cm³/mol. The van der Waals surface area contributed by atoms with Crippen molar-refractivity contribution in [1.82, 2.24) is 0 Å². The van der Waals surface area contributed by atoms with Crippen molar-refractivity contribution in [1.29, 1.82) is 0 Å². The third kappa shape index (κ3) is 3.71. The Kier molecular flexibility index (Phi) is 4.82. The van der Waals surface area contributed by atoms with Gasteiger partial charge >= 0.3 is 0 Å². The van der Waals surface area contributed by atoms with Gasteiger partial charge in [-0.15, -0.1) is 6.58 Å². The molecule has 1 atom stereocenters. The molecule has 0 unspecified atom stereocenters. The largest absolute Gasteiger partial charge is 0.407 e. The van der Waals surface area contributed by atoms with Crippen LogP contribution in [0.1, 0.15) is 32.4 Å². The zero-order chi connectivity index (χ0) is 14.0. The van der Waals surface area contributed by atoms with E-state index in [0.29, 0.717) is 0 Å². The zero-order valence-corrected chi connectivity index (χ0v) is 13.7. The summed E-state index contributed by atoms with van der Waals surface area (Å²) < 4.78 is 6.35. The van der Waals surface area contributed by atoms with E-state index >= 15 is 0 Å². The molecule has 3 heteroatoms. The van der Waals surface area contributed by atoms with E-state index in [1.165, 1.54) is 0 Å². The Morgan fingerprint density at radius 3 is 2.39 bits per heavy atom. The molecule has 1 aromatic rings. The smallest absolute Gasteiger partial charge is 0.193 e. The average Bonchev–Trinajstić information content (AvgIpc) is 2.24. The molecular formula is C15H23ClOSi. The molecule has 0 aliphatic carbocycles. The van der Waals surface area contributed by atoms with E-state index in [4.69, 9.17) is 16.0 Å². The van der Waals surface area contributed by atoms with E-state index in [1.807, 2.05) is 30.3 Å². The molecule has 1 nitrogen and oxygen atoms in total. The van der Waals surface area contributed by atoms with Gasteiger partial charge in [-0.1, -0.05) is 50.6 Å². The van der Waals surface area contributed by atoms with Gasteiger partial charge in [0.25, 0.3) is 0 Å². The summed E-state index contributed by atoms with van der Waals surface area (Å²) in [5.74, 6) is 0. The van der Waals surface area contributed by atoms with Gasteiger partial charge in [0.15, 0.2) is 8.32 Å². The molecule has 0 saturated carbocycles. The first-order chi connectivity index (χ1) is 8.17. The standard InChI is InChI=1S/C15H23ClOSi/c1-7-14(12-9-8-10-13(16)11-12)17-18(5,6)15(2,3)4/h7-11,14H,1H2,2-6H3/t14-/m1/s1. The number of rotatable bonds is 4. The third-order valence-electron chi connectivity index (χ3n) is 3.62. The van der Waals surface area contributed by atoms with Gasteiger partial charge in [0, 0.05) is 5.02 Å². The summed E-state index contributed by atoms with van der Waals surface area (Å²) in [7, 11) is -1.80. The molecule has 0 saturated heterocycles.